The number of phenols is 1. The summed E-state index contributed by atoms with van der Waals surface area (Å²) in [5.41, 5.74) is 3.49. The van der Waals surface area contributed by atoms with Gasteiger partial charge in [-0.05, 0) is 81.1 Å². The minimum Gasteiger partial charge on any atom is -0.507 e. The van der Waals surface area contributed by atoms with Gasteiger partial charge in [0.15, 0.2) is 0 Å². The van der Waals surface area contributed by atoms with E-state index >= 15 is 0 Å². The molecule has 3 aromatic rings. The van der Waals surface area contributed by atoms with Gasteiger partial charge in [0, 0.05) is 23.2 Å². The standard InChI is InChI=1S/C27H31NO4/c1-19(21(3)29)18-23-11-14-26(20(2)27(23)30)32-17-7-6-16-31-24-12-9-22(10-13-24)25-8-4-5-15-28-25/h4-5,8-15,19,30H,6-7,16-18H2,1-3H3. The van der Waals surface area contributed by atoms with E-state index in [1.54, 1.807) is 13.1 Å². The van der Waals surface area contributed by atoms with Gasteiger partial charge in [-0.1, -0.05) is 19.1 Å². The van der Waals surface area contributed by atoms with Crippen molar-refractivity contribution in [2.45, 2.75) is 40.0 Å². The molecule has 0 saturated carbocycles. The van der Waals surface area contributed by atoms with Crippen LogP contribution in [0.15, 0.2) is 60.8 Å². The molecule has 2 aromatic carbocycles. The molecular weight excluding hydrogens is 402 g/mol. The zero-order chi connectivity index (χ0) is 22.9. The van der Waals surface area contributed by atoms with Gasteiger partial charge in [-0.25, -0.2) is 0 Å². The lowest BCUT2D eigenvalue weighted by Gasteiger charge is -2.15. The average Bonchev–Trinajstić information content (AvgIpc) is 2.81. The summed E-state index contributed by atoms with van der Waals surface area (Å²) in [6.07, 6.45) is 4.02. The van der Waals surface area contributed by atoms with E-state index in [-0.39, 0.29) is 17.5 Å². The fraction of sp³-hybridized carbons (Fsp3) is 0.333. The number of aromatic nitrogens is 1. The number of phenolic OH excluding ortho intramolecular Hbond substituents is 1. The van der Waals surface area contributed by atoms with Crippen LogP contribution in [-0.2, 0) is 11.2 Å². The predicted octanol–water partition coefficient (Wildman–Crippen LogP) is 5.77. The first-order chi connectivity index (χ1) is 15.5. The van der Waals surface area contributed by atoms with E-state index in [0.29, 0.717) is 30.9 Å². The molecule has 1 atom stereocenters. The van der Waals surface area contributed by atoms with Crippen LogP contribution in [0.4, 0.5) is 0 Å². The number of Topliss-reactive ketones (excluding diaryl/α,β-unsaturated/α-hetero) is 1. The summed E-state index contributed by atoms with van der Waals surface area (Å²) < 4.78 is 11.7. The smallest absolute Gasteiger partial charge is 0.132 e. The molecule has 1 aromatic heterocycles. The number of nitrogens with zero attached hydrogens (tertiary/aromatic N) is 1. The summed E-state index contributed by atoms with van der Waals surface area (Å²) in [4.78, 5) is 15.8. The van der Waals surface area contributed by atoms with Crippen molar-refractivity contribution in [3.8, 4) is 28.5 Å². The first-order valence-corrected chi connectivity index (χ1v) is 11.0. The second-order valence-corrected chi connectivity index (χ2v) is 8.06. The van der Waals surface area contributed by atoms with Gasteiger partial charge in [-0.3, -0.25) is 9.78 Å². The van der Waals surface area contributed by atoms with Crippen molar-refractivity contribution in [2.75, 3.05) is 13.2 Å². The predicted molar refractivity (Wildman–Crippen MR) is 126 cm³/mol. The number of pyridine rings is 1. The number of benzene rings is 2. The Morgan fingerprint density at radius 1 is 1.00 bits per heavy atom. The quantitative estimate of drug-likeness (QED) is 0.389. The van der Waals surface area contributed by atoms with Crippen molar-refractivity contribution in [3.05, 3.63) is 71.9 Å². The Balaban J connectivity index is 1.40. The van der Waals surface area contributed by atoms with Gasteiger partial charge in [0.2, 0.25) is 0 Å². The largest absolute Gasteiger partial charge is 0.507 e. The van der Waals surface area contributed by atoms with Crippen LogP contribution in [0.2, 0.25) is 0 Å². The first kappa shape index (κ1) is 23.3. The van der Waals surface area contributed by atoms with Gasteiger partial charge in [-0.15, -0.1) is 0 Å². The molecule has 5 heteroatoms. The molecule has 0 amide bonds. The number of rotatable bonds is 11. The maximum Gasteiger partial charge on any atom is 0.132 e. The average molecular weight is 434 g/mol. The molecule has 0 spiro atoms. The number of carbonyl (C=O) groups excluding carboxylic acids is 1. The Kier molecular flexibility index (Phi) is 8.26. The summed E-state index contributed by atoms with van der Waals surface area (Å²) in [6, 6.07) is 17.5. The summed E-state index contributed by atoms with van der Waals surface area (Å²) in [6.45, 7) is 6.44. The van der Waals surface area contributed by atoms with Gasteiger partial charge in [-0.2, -0.15) is 0 Å². The molecule has 1 heterocycles. The Labute approximate surface area is 190 Å². The number of carbonyl (C=O) groups is 1. The fourth-order valence-corrected chi connectivity index (χ4v) is 3.36. The second-order valence-electron chi connectivity index (χ2n) is 8.06. The van der Waals surface area contributed by atoms with E-state index in [1.165, 1.54) is 0 Å². The SMILES string of the molecule is CC(=O)C(C)Cc1ccc(OCCCCOc2ccc(-c3ccccn3)cc2)c(C)c1O. The minimum atomic E-state index is -0.113. The van der Waals surface area contributed by atoms with Crippen LogP contribution in [0.3, 0.4) is 0 Å². The lowest BCUT2D eigenvalue weighted by atomic mass is 9.95. The van der Waals surface area contributed by atoms with Gasteiger partial charge in [0.1, 0.15) is 23.0 Å². The van der Waals surface area contributed by atoms with Gasteiger partial charge >= 0.3 is 0 Å². The number of aromatic hydroxyl groups is 1. The van der Waals surface area contributed by atoms with Crippen molar-refractivity contribution in [3.63, 3.8) is 0 Å². The molecule has 0 aliphatic heterocycles. The summed E-state index contributed by atoms with van der Waals surface area (Å²) in [5.74, 6) is 1.73. The van der Waals surface area contributed by atoms with Gasteiger partial charge < -0.3 is 14.6 Å². The van der Waals surface area contributed by atoms with Gasteiger partial charge in [0.05, 0.1) is 18.9 Å². The Morgan fingerprint density at radius 2 is 1.72 bits per heavy atom. The molecule has 0 fully saturated rings. The lowest BCUT2D eigenvalue weighted by molar-refractivity contribution is -0.120. The topological polar surface area (TPSA) is 68.7 Å². The molecule has 5 nitrogen and oxygen atoms in total. The van der Waals surface area contributed by atoms with E-state index in [9.17, 15) is 9.90 Å². The third-order valence-electron chi connectivity index (χ3n) is 5.56. The van der Waals surface area contributed by atoms with Crippen LogP contribution in [0.1, 0.15) is 37.8 Å². The zero-order valence-electron chi connectivity index (χ0n) is 19.0. The summed E-state index contributed by atoms with van der Waals surface area (Å²) in [5, 5.41) is 10.5. The lowest BCUT2D eigenvalue weighted by Crippen LogP contribution is -2.10. The van der Waals surface area contributed by atoms with E-state index in [1.807, 2.05) is 68.4 Å². The van der Waals surface area contributed by atoms with Crippen LogP contribution in [0.5, 0.6) is 17.2 Å². The van der Waals surface area contributed by atoms with Crippen LogP contribution in [0.25, 0.3) is 11.3 Å². The summed E-state index contributed by atoms with van der Waals surface area (Å²) >= 11 is 0. The number of ketones is 1. The molecule has 0 saturated heterocycles. The molecule has 0 aliphatic carbocycles. The maximum atomic E-state index is 11.5. The number of hydrogen-bond acceptors (Lipinski definition) is 5. The Morgan fingerprint density at radius 3 is 2.38 bits per heavy atom. The highest BCUT2D eigenvalue weighted by Gasteiger charge is 2.15. The monoisotopic (exact) mass is 433 g/mol. The third kappa shape index (κ3) is 6.33. The molecule has 0 bridgehead atoms. The molecule has 168 valence electrons. The van der Waals surface area contributed by atoms with Crippen LogP contribution < -0.4 is 9.47 Å². The van der Waals surface area contributed by atoms with Gasteiger partial charge in [0.25, 0.3) is 0 Å². The minimum absolute atomic E-state index is 0.113. The highest BCUT2D eigenvalue weighted by Crippen LogP contribution is 2.32. The Bertz CT molecular complexity index is 1020. The fourth-order valence-electron chi connectivity index (χ4n) is 3.36. The summed E-state index contributed by atoms with van der Waals surface area (Å²) in [7, 11) is 0. The van der Waals surface area contributed by atoms with E-state index in [2.05, 4.69) is 4.98 Å². The number of unbranched alkanes of at least 4 members (excludes halogenated alkanes) is 1. The molecular formula is C27H31NO4. The van der Waals surface area contributed by atoms with Crippen molar-refractivity contribution in [1.29, 1.82) is 0 Å². The van der Waals surface area contributed by atoms with E-state index in [0.717, 1.165) is 35.4 Å². The molecule has 1 N–H and O–H groups in total. The highest BCUT2D eigenvalue weighted by atomic mass is 16.5. The normalized spacial score (nSPS) is 11.7. The molecule has 0 aliphatic rings. The van der Waals surface area contributed by atoms with E-state index < -0.39 is 0 Å². The van der Waals surface area contributed by atoms with Crippen molar-refractivity contribution in [2.24, 2.45) is 5.92 Å². The van der Waals surface area contributed by atoms with Crippen LogP contribution in [-0.4, -0.2) is 29.1 Å². The first-order valence-electron chi connectivity index (χ1n) is 11.0. The third-order valence-corrected chi connectivity index (χ3v) is 5.56. The van der Waals surface area contributed by atoms with Crippen molar-refractivity contribution in [1.82, 2.24) is 4.98 Å². The molecule has 0 radical (unpaired) electrons. The molecule has 32 heavy (non-hydrogen) atoms. The van der Waals surface area contributed by atoms with Crippen molar-refractivity contribution < 1.29 is 19.4 Å². The zero-order valence-corrected chi connectivity index (χ0v) is 19.0. The van der Waals surface area contributed by atoms with Crippen LogP contribution in [0, 0.1) is 12.8 Å². The molecule has 3 rings (SSSR count). The number of hydrogen-bond donors (Lipinski definition) is 1. The Hall–Kier alpha value is -3.34. The van der Waals surface area contributed by atoms with Crippen molar-refractivity contribution >= 4 is 5.78 Å². The van der Waals surface area contributed by atoms with Crippen LogP contribution >= 0.6 is 0 Å². The van der Waals surface area contributed by atoms with E-state index in [4.69, 9.17) is 9.47 Å². The number of ether oxygens (including phenoxy) is 2. The maximum absolute atomic E-state index is 11.5. The highest BCUT2D eigenvalue weighted by molar-refractivity contribution is 5.78. The molecule has 1 unspecified atom stereocenters. The second kappa shape index (κ2) is 11.3.